The molecular weight excluding hydrogens is 394 g/mol. The van der Waals surface area contributed by atoms with E-state index in [-0.39, 0.29) is 0 Å². The van der Waals surface area contributed by atoms with Crippen LogP contribution < -0.4 is 0 Å². The summed E-state index contributed by atoms with van der Waals surface area (Å²) in [5.41, 5.74) is 6.14. The Morgan fingerprint density at radius 3 is 2.60 bits per heavy atom. The lowest BCUT2D eigenvalue weighted by atomic mass is 9.97. The van der Waals surface area contributed by atoms with Crippen molar-refractivity contribution in [3.05, 3.63) is 40.8 Å². The molecule has 0 saturated heterocycles. The number of nitrogens with zero attached hydrogens (tertiary/aromatic N) is 6. The smallest absolute Gasteiger partial charge is 0.158 e. The van der Waals surface area contributed by atoms with Crippen molar-refractivity contribution in [1.29, 1.82) is 0 Å². The molecule has 158 valence electrons. The summed E-state index contributed by atoms with van der Waals surface area (Å²) in [4.78, 5) is 12.7. The minimum absolute atomic E-state index is 0.295. The van der Waals surface area contributed by atoms with Crippen LogP contribution in [0.3, 0.4) is 0 Å². The highest BCUT2D eigenvalue weighted by Gasteiger charge is 2.24. The van der Waals surface area contributed by atoms with Crippen molar-refractivity contribution in [1.82, 2.24) is 34.7 Å². The summed E-state index contributed by atoms with van der Waals surface area (Å²) in [6, 6.07) is 2.93. The highest BCUT2D eigenvalue weighted by atomic mass is 32.1. The molecule has 4 aromatic rings. The average Bonchev–Trinajstić information content (AvgIpc) is 3.43. The maximum atomic E-state index is 4.74. The predicted octanol–water partition coefficient (Wildman–Crippen LogP) is 5.08. The van der Waals surface area contributed by atoms with Gasteiger partial charge in [-0.05, 0) is 52.3 Å². The molecule has 4 aromatic heterocycles. The van der Waals surface area contributed by atoms with Crippen LogP contribution in [0.1, 0.15) is 62.6 Å². The zero-order valence-electron chi connectivity index (χ0n) is 18.6. The lowest BCUT2D eigenvalue weighted by Gasteiger charge is -2.27. The van der Waals surface area contributed by atoms with Crippen LogP contribution in [0.2, 0.25) is 0 Å². The normalized spacial score (nSPS) is 13.3. The average molecular weight is 424 g/mol. The lowest BCUT2D eigenvalue weighted by molar-refractivity contribution is 0.213. The first-order valence-corrected chi connectivity index (χ1v) is 11.2. The molecule has 0 amide bonds. The van der Waals surface area contributed by atoms with Gasteiger partial charge < -0.3 is 0 Å². The number of aromatic nitrogens is 6. The van der Waals surface area contributed by atoms with Crippen molar-refractivity contribution in [2.24, 2.45) is 0 Å². The van der Waals surface area contributed by atoms with Crippen molar-refractivity contribution < 1.29 is 0 Å². The van der Waals surface area contributed by atoms with Gasteiger partial charge in [0.25, 0.3) is 0 Å². The van der Waals surface area contributed by atoms with Gasteiger partial charge in [0.05, 0.1) is 5.69 Å². The van der Waals surface area contributed by atoms with E-state index in [0.29, 0.717) is 18.0 Å². The third-order valence-corrected chi connectivity index (χ3v) is 6.97. The first kappa shape index (κ1) is 20.7. The van der Waals surface area contributed by atoms with E-state index in [0.717, 1.165) is 33.2 Å². The summed E-state index contributed by atoms with van der Waals surface area (Å²) < 4.78 is 1.82. The van der Waals surface area contributed by atoms with Crippen molar-refractivity contribution in [3.63, 3.8) is 0 Å². The van der Waals surface area contributed by atoms with Gasteiger partial charge in [0.2, 0.25) is 0 Å². The zero-order chi connectivity index (χ0) is 21.6. The molecule has 1 N–H and O–H groups in total. The van der Waals surface area contributed by atoms with Gasteiger partial charge in [0.1, 0.15) is 17.0 Å². The SMILES string of the molecule is Cc1cc(-c2[nH]nc(-c3ncc(C(C)N(C)C(C)C)s3)c2C(C)C)cn2ncnc12. The summed E-state index contributed by atoms with van der Waals surface area (Å²) in [7, 11) is 2.16. The number of thiazole rings is 1. The number of rotatable bonds is 6. The molecule has 0 aliphatic rings. The Kier molecular flexibility index (Phi) is 5.46. The van der Waals surface area contributed by atoms with Crippen molar-refractivity contribution in [3.8, 4) is 22.0 Å². The predicted molar refractivity (Wildman–Crippen MR) is 122 cm³/mol. The molecule has 1 unspecified atom stereocenters. The van der Waals surface area contributed by atoms with Crippen LogP contribution in [-0.2, 0) is 0 Å². The topological polar surface area (TPSA) is 75.0 Å². The van der Waals surface area contributed by atoms with Crippen LogP contribution in [0.5, 0.6) is 0 Å². The van der Waals surface area contributed by atoms with E-state index in [9.17, 15) is 0 Å². The van der Waals surface area contributed by atoms with Crippen LogP contribution in [0.4, 0.5) is 0 Å². The molecule has 0 aliphatic heterocycles. The second kappa shape index (κ2) is 7.92. The Hall–Kier alpha value is -2.58. The van der Waals surface area contributed by atoms with Gasteiger partial charge in [-0.2, -0.15) is 10.2 Å². The van der Waals surface area contributed by atoms with Crippen LogP contribution >= 0.6 is 11.3 Å². The number of pyridine rings is 1. The Balaban J connectivity index is 1.77. The summed E-state index contributed by atoms with van der Waals surface area (Å²) >= 11 is 1.72. The van der Waals surface area contributed by atoms with Gasteiger partial charge in [-0.25, -0.2) is 14.5 Å². The molecule has 30 heavy (non-hydrogen) atoms. The number of H-pyrrole nitrogens is 1. The fourth-order valence-corrected chi connectivity index (χ4v) is 4.79. The molecule has 0 spiro atoms. The standard InChI is InChI=1S/C22H29N7S/c1-12(2)18-19(16-8-14(5)21-24-11-25-29(21)10-16)26-27-20(18)22-23-9-17(30-22)15(6)28(7)13(3)4/h8-13,15H,1-7H3,(H,26,27). The van der Waals surface area contributed by atoms with E-state index in [1.807, 2.05) is 16.9 Å². The van der Waals surface area contributed by atoms with Crippen LogP contribution in [-0.4, -0.2) is 47.8 Å². The van der Waals surface area contributed by atoms with E-state index < -0.39 is 0 Å². The molecule has 0 saturated carbocycles. The highest BCUT2D eigenvalue weighted by Crippen LogP contribution is 2.38. The van der Waals surface area contributed by atoms with Gasteiger partial charge in [-0.15, -0.1) is 11.3 Å². The summed E-state index contributed by atoms with van der Waals surface area (Å²) in [5.74, 6) is 0.295. The van der Waals surface area contributed by atoms with Gasteiger partial charge in [0.15, 0.2) is 5.65 Å². The number of aryl methyl sites for hydroxylation is 1. The fourth-order valence-electron chi connectivity index (χ4n) is 3.76. The summed E-state index contributed by atoms with van der Waals surface area (Å²) in [6.07, 6.45) is 5.58. The number of hydrogen-bond acceptors (Lipinski definition) is 6. The van der Waals surface area contributed by atoms with E-state index >= 15 is 0 Å². The molecule has 7 nitrogen and oxygen atoms in total. The quantitative estimate of drug-likeness (QED) is 0.468. The maximum Gasteiger partial charge on any atom is 0.158 e. The minimum atomic E-state index is 0.295. The molecule has 4 rings (SSSR count). The van der Waals surface area contributed by atoms with Crippen molar-refractivity contribution >= 4 is 17.0 Å². The van der Waals surface area contributed by atoms with Gasteiger partial charge in [-0.3, -0.25) is 10.00 Å². The van der Waals surface area contributed by atoms with E-state index in [1.165, 1.54) is 10.4 Å². The van der Waals surface area contributed by atoms with Gasteiger partial charge >= 0.3 is 0 Å². The van der Waals surface area contributed by atoms with Crippen molar-refractivity contribution in [2.75, 3.05) is 7.05 Å². The molecule has 0 aliphatic carbocycles. The van der Waals surface area contributed by atoms with E-state index in [4.69, 9.17) is 10.1 Å². The lowest BCUT2D eigenvalue weighted by Crippen LogP contribution is -2.28. The van der Waals surface area contributed by atoms with Gasteiger partial charge in [-0.1, -0.05) is 13.8 Å². The van der Waals surface area contributed by atoms with Crippen molar-refractivity contribution in [2.45, 2.75) is 59.5 Å². The van der Waals surface area contributed by atoms with Crippen LogP contribution in [0.15, 0.2) is 24.8 Å². The summed E-state index contributed by atoms with van der Waals surface area (Å²) in [6.45, 7) is 13.1. The van der Waals surface area contributed by atoms with E-state index in [2.05, 4.69) is 74.7 Å². The van der Waals surface area contributed by atoms with Crippen LogP contribution in [0, 0.1) is 6.92 Å². The number of hydrogen-bond donors (Lipinski definition) is 1. The fraction of sp³-hybridized carbons (Fsp3) is 0.455. The minimum Gasteiger partial charge on any atom is -0.296 e. The largest absolute Gasteiger partial charge is 0.296 e. The Morgan fingerprint density at radius 1 is 1.13 bits per heavy atom. The van der Waals surface area contributed by atoms with E-state index in [1.54, 1.807) is 17.7 Å². The molecule has 0 radical (unpaired) electrons. The molecule has 4 heterocycles. The molecule has 1 atom stereocenters. The molecule has 8 heteroatoms. The second-order valence-electron chi connectivity index (χ2n) is 8.46. The Bertz CT molecular complexity index is 1170. The van der Waals surface area contributed by atoms with Crippen LogP contribution in [0.25, 0.3) is 27.6 Å². The molecule has 0 fully saturated rings. The molecular formula is C22H29N7S. The second-order valence-corrected chi connectivity index (χ2v) is 9.52. The van der Waals surface area contributed by atoms with Gasteiger partial charge in [0, 0.05) is 40.5 Å². The number of aromatic amines is 1. The first-order valence-electron chi connectivity index (χ1n) is 10.3. The molecule has 0 aromatic carbocycles. The monoisotopic (exact) mass is 423 g/mol. The Morgan fingerprint density at radius 2 is 1.90 bits per heavy atom. The number of fused-ring (bicyclic) bond motifs is 1. The highest BCUT2D eigenvalue weighted by molar-refractivity contribution is 7.15. The summed E-state index contributed by atoms with van der Waals surface area (Å²) in [5, 5.41) is 13.2. The maximum absolute atomic E-state index is 4.74. The first-order chi connectivity index (χ1) is 14.3. The zero-order valence-corrected chi connectivity index (χ0v) is 19.4. The Labute approximate surface area is 181 Å². The third-order valence-electron chi connectivity index (χ3n) is 5.79. The number of nitrogens with one attached hydrogen (secondary N) is 1. The third kappa shape index (κ3) is 3.54. The molecule has 0 bridgehead atoms.